The summed E-state index contributed by atoms with van der Waals surface area (Å²) >= 11 is 4.92. The van der Waals surface area contributed by atoms with E-state index in [1.165, 1.54) is 5.69 Å². The van der Waals surface area contributed by atoms with Crippen LogP contribution in [-0.2, 0) is 19.9 Å². The molecule has 0 aromatic heterocycles. The third-order valence-electron chi connectivity index (χ3n) is 5.85. The van der Waals surface area contributed by atoms with E-state index in [4.69, 9.17) is 16.3 Å². The molecule has 164 valence electrons. The monoisotopic (exact) mass is 447 g/mol. The van der Waals surface area contributed by atoms with E-state index in [1.54, 1.807) is 6.07 Å². The third-order valence-corrected chi connectivity index (χ3v) is 7.44. The Morgan fingerprint density at radius 2 is 1.77 bits per heavy atom. The van der Waals surface area contributed by atoms with Crippen LogP contribution in [0.5, 0.6) is 0 Å². The number of anilines is 1. The van der Waals surface area contributed by atoms with Gasteiger partial charge in [0.1, 0.15) is 8.68 Å². The number of nitrogens with two attached hydrogens (primary N) is 1. The van der Waals surface area contributed by atoms with Crippen molar-refractivity contribution in [2.24, 2.45) is 5.14 Å². The highest BCUT2D eigenvalue weighted by Gasteiger charge is 2.17. The van der Waals surface area contributed by atoms with E-state index < -0.39 is 14.8 Å². The molecular weight excluding hydrogens is 414 g/mol. The number of benzene rings is 2. The maximum atomic E-state index is 12.0. The van der Waals surface area contributed by atoms with E-state index in [0.717, 1.165) is 63.1 Å². The molecule has 30 heavy (non-hydrogen) atoms. The van der Waals surface area contributed by atoms with Crippen molar-refractivity contribution in [3.63, 3.8) is 0 Å². The second kappa shape index (κ2) is 10.7. The number of aryl methyl sites for hydroxylation is 1. The van der Waals surface area contributed by atoms with Crippen LogP contribution in [0, 0.1) is 6.92 Å². The predicted molar refractivity (Wildman–Crippen MR) is 128 cm³/mol. The minimum absolute atomic E-state index is 0.462. The van der Waals surface area contributed by atoms with Crippen LogP contribution in [0.3, 0.4) is 0 Å². The van der Waals surface area contributed by atoms with Gasteiger partial charge in [-0.2, -0.15) is 0 Å². The fourth-order valence-electron chi connectivity index (χ4n) is 4.02. The summed E-state index contributed by atoms with van der Waals surface area (Å²) in [5, 5.41) is 16.1. The Labute approximate surface area is 185 Å². The molecule has 0 spiro atoms. The lowest BCUT2D eigenvalue weighted by Crippen LogP contribution is -2.46. The van der Waals surface area contributed by atoms with Gasteiger partial charge in [-0.25, -0.2) is 9.35 Å². The highest BCUT2D eigenvalue weighted by Crippen LogP contribution is 2.24. The van der Waals surface area contributed by atoms with Gasteiger partial charge in [-0.1, -0.05) is 43.2 Å². The number of para-hydroxylation sites is 1. The van der Waals surface area contributed by atoms with E-state index in [9.17, 15) is 9.32 Å². The van der Waals surface area contributed by atoms with Gasteiger partial charge in [-0.15, -0.1) is 0 Å². The molecule has 1 fully saturated rings. The number of piperazine rings is 1. The number of unbranched alkanes of at least 4 members (excludes halogenated alkanes) is 2. The highest BCUT2D eigenvalue weighted by molar-refractivity contribution is 8.31. The van der Waals surface area contributed by atoms with Crippen LogP contribution in [0.15, 0.2) is 53.4 Å². The van der Waals surface area contributed by atoms with Crippen molar-refractivity contribution < 1.29 is 9.32 Å². The smallest absolute Gasteiger partial charge is 0.116 e. The van der Waals surface area contributed by atoms with Gasteiger partial charge in [0.05, 0.1) is 11.0 Å². The fourth-order valence-corrected chi connectivity index (χ4v) is 5.37. The summed E-state index contributed by atoms with van der Waals surface area (Å²) in [6.07, 6.45) is 3.30. The van der Waals surface area contributed by atoms with Crippen LogP contribution in [0.1, 0.15) is 42.9 Å². The summed E-state index contributed by atoms with van der Waals surface area (Å²) in [5.74, 6) is 0. The molecule has 7 heteroatoms. The Kier molecular flexibility index (Phi) is 8.25. The van der Waals surface area contributed by atoms with Crippen molar-refractivity contribution in [3.05, 3.63) is 59.7 Å². The number of aliphatic hydroxyl groups is 1. The standard InChI is InChI=1S/C23H33N3O2S2/c1-19-11-12-20(18-23(19)30(24,28)29)22(27)10-6-3-7-13-25-14-16-26(17-15-25)21-8-4-2-5-9-21/h2,4-5,8-9,11-12,18,22,27H,3,6-7,10,13-17H2,1H3,(H2,24,28,29). The number of hydrogen-bond acceptors (Lipinski definition) is 5. The largest absolute Gasteiger partial charge is 0.388 e. The quantitative estimate of drug-likeness (QED) is 0.577. The molecular formula is C23H33N3O2S2. The first-order chi connectivity index (χ1) is 14.3. The minimum atomic E-state index is -2.94. The molecule has 2 atom stereocenters. The summed E-state index contributed by atoms with van der Waals surface area (Å²) in [5.41, 5.74) is 2.86. The zero-order valence-electron chi connectivity index (χ0n) is 17.7. The summed E-state index contributed by atoms with van der Waals surface area (Å²) in [4.78, 5) is 5.44. The number of rotatable bonds is 9. The third kappa shape index (κ3) is 6.49. The Bertz CT molecular complexity index is 911. The van der Waals surface area contributed by atoms with E-state index in [-0.39, 0.29) is 0 Å². The summed E-state index contributed by atoms with van der Waals surface area (Å²) in [6, 6.07) is 16.0. The van der Waals surface area contributed by atoms with E-state index in [0.29, 0.717) is 11.3 Å². The van der Waals surface area contributed by atoms with Gasteiger partial charge in [0.25, 0.3) is 0 Å². The van der Waals surface area contributed by atoms with E-state index >= 15 is 0 Å². The second-order valence-electron chi connectivity index (χ2n) is 8.10. The summed E-state index contributed by atoms with van der Waals surface area (Å²) in [7, 11) is -2.94. The SMILES string of the molecule is Cc1ccc(C(O)CCCCCN2CCN(c3ccccc3)CC2)cc1S(N)(=O)=S. The Morgan fingerprint density at radius 1 is 1.07 bits per heavy atom. The van der Waals surface area contributed by atoms with Gasteiger partial charge in [-0.3, -0.25) is 4.90 Å². The lowest BCUT2D eigenvalue weighted by molar-refractivity contribution is 0.162. The molecule has 3 rings (SSSR count). The minimum Gasteiger partial charge on any atom is -0.388 e. The summed E-state index contributed by atoms with van der Waals surface area (Å²) in [6.45, 7) is 7.30. The van der Waals surface area contributed by atoms with Gasteiger partial charge < -0.3 is 10.0 Å². The first-order valence-electron chi connectivity index (χ1n) is 10.7. The van der Waals surface area contributed by atoms with Crippen molar-refractivity contribution in [2.45, 2.75) is 43.6 Å². The Hall–Kier alpha value is -1.51. The first kappa shape index (κ1) is 23.2. The Balaban J connectivity index is 1.36. The summed E-state index contributed by atoms with van der Waals surface area (Å²) < 4.78 is 12.0. The van der Waals surface area contributed by atoms with Crippen molar-refractivity contribution in [1.29, 1.82) is 0 Å². The highest BCUT2D eigenvalue weighted by atomic mass is 32.8. The van der Waals surface area contributed by atoms with Crippen LogP contribution in [0.25, 0.3) is 0 Å². The average Bonchev–Trinajstić information content (AvgIpc) is 2.74. The van der Waals surface area contributed by atoms with Crippen LogP contribution >= 0.6 is 0 Å². The molecule has 1 heterocycles. The topological polar surface area (TPSA) is 69.8 Å². The van der Waals surface area contributed by atoms with Crippen LogP contribution < -0.4 is 10.0 Å². The van der Waals surface area contributed by atoms with Crippen LogP contribution in [0.2, 0.25) is 0 Å². The number of aliphatic hydroxyl groups excluding tert-OH is 1. The molecule has 2 aromatic carbocycles. The average molecular weight is 448 g/mol. The lowest BCUT2D eigenvalue weighted by Gasteiger charge is -2.36. The van der Waals surface area contributed by atoms with Gasteiger partial charge in [-0.05, 0) is 55.6 Å². The van der Waals surface area contributed by atoms with Gasteiger partial charge in [0.15, 0.2) is 0 Å². The zero-order chi connectivity index (χ0) is 21.6. The predicted octanol–water partition coefficient (Wildman–Crippen LogP) is 3.39. The van der Waals surface area contributed by atoms with Crippen LogP contribution in [0.4, 0.5) is 5.69 Å². The molecule has 1 aliphatic heterocycles. The van der Waals surface area contributed by atoms with Gasteiger partial charge in [0, 0.05) is 43.1 Å². The number of nitrogens with zero attached hydrogens (tertiary/aromatic N) is 2. The van der Waals surface area contributed by atoms with Crippen LogP contribution in [-0.4, -0.2) is 46.9 Å². The molecule has 3 N–H and O–H groups in total. The molecule has 0 amide bonds. The molecule has 2 aromatic rings. The molecule has 0 aliphatic carbocycles. The van der Waals surface area contributed by atoms with Gasteiger partial charge >= 0.3 is 0 Å². The molecule has 0 saturated carbocycles. The van der Waals surface area contributed by atoms with Crippen molar-refractivity contribution in [3.8, 4) is 0 Å². The van der Waals surface area contributed by atoms with E-state index in [1.807, 2.05) is 19.1 Å². The number of hydrogen-bond donors (Lipinski definition) is 2. The molecule has 0 bridgehead atoms. The molecule has 1 saturated heterocycles. The fraction of sp³-hybridized carbons (Fsp3) is 0.478. The van der Waals surface area contributed by atoms with Crippen molar-refractivity contribution in [1.82, 2.24) is 4.90 Å². The first-order valence-corrected chi connectivity index (χ1v) is 13.2. The lowest BCUT2D eigenvalue weighted by atomic mass is 10.0. The molecule has 2 unspecified atom stereocenters. The maximum Gasteiger partial charge on any atom is 0.116 e. The second-order valence-corrected chi connectivity index (χ2v) is 11.1. The van der Waals surface area contributed by atoms with Crippen molar-refractivity contribution >= 4 is 25.6 Å². The maximum absolute atomic E-state index is 12.0. The van der Waals surface area contributed by atoms with Crippen molar-refractivity contribution in [2.75, 3.05) is 37.6 Å². The van der Waals surface area contributed by atoms with E-state index in [2.05, 4.69) is 40.1 Å². The molecule has 0 radical (unpaired) electrons. The Morgan fingerprint density at radius 3 is 2.43 bits per heavy atom. The molecule has 1 aliphatic rings. The normalized spacial score (nSPS) is 18.2. The van der Waals surface area contributed by atoms with Gasteiger partial charge in [0.2, 0.25) is 0 Å². The molecule has 5 nitrogen and oxygen atoms in total. The zero-order valence-corrected chi connectivity index (χ0v) is 19.3.